The number of hydrogen-bond donors (Lipinski definition) is 0. The van der Waals surface area contributed by atoms with Gasteiger partial charge < -0.3 is 4.90 Å². The molecule has 2 heterocycles. The zero-order valence-electron chi connectivity index (χ0n) is 19.3. The number of unbranched alkanes of at least 4 members (excludes halogenated alkanes) is 3. The van der Waals surface area contributed by atoms with E-state index in [1.807, 2.05) is 4.90 Å². The normalized spacial score (nSPS) is 15.4. The SMILES string of the molecule is CCCCCCc1c(N2CCN(S(=O)(=O)N(C)C)CC2)cnn(-c2cc(F)cc(F)c2)c1=O. The Morgan fingerprint density at radius 3 is 2.21 bits per heavy atom. The van der Waals surface area contributed by atoms with Crippen LogP contribution in [0.1, 0.15) is 38.2 Å². The van der Waals surface area contributed by atoms with Gasteiger partial charge in [0.2, 0.25) is 0 Å². The summed E-state index contributed by atoms with van der Waals surface area (Å²) < 4.78 is 55.9. The second kappa shape index (κ2) is 10.7. The van der Waals surface area contributed by atoms with Gasteiger partial charge in [0.25, 0.3) is 15.8 Å². The second-order valence-corrected chi connectivity index (χ2v) is 10.5. The maximum Gasteiger partial charge on any atom is 0.281 e. The van der Waals surface area contributed by atoms with Crippen LogP contribution < -0.4 is 10.5 Å². The first-order valence-corrected chi connectivity index (χ1v) is 12.5. The van der Waals surface area contributed by atoms with Gasteiger partial charge >= 0.3 is 0 Å². The van der Waals surface area contributed by atoms with E-state index in [0.29, 0.717) is 30.8 Å². The minimum absolute atomic E-state index is 0.0285. The Morgan fingerprint density at radius 2 is 1.64 bits per heavy atom. The van der Waals surface area contributed by atoms with Crippen LogP contribution in [-0.4, -0.2) is 67.1 Å². The van der Waals surface area contributed by atoms with Crippen molar-refractivity contribution in [1.82, 2.24) is 18.4 Å². The van der Waals surface area contributed by atoms with Gasteiger partial charge in [0.15, 0.2) is 0 Å². The van der Waals surface area contributed by atoms with Crippen LogP contribution in [0.2, 0.25) is 0 Å². The number of hydrogen-bond acceptors (Lipinski definition) is 5. The van der Waals surface area contributed by atoms with E-state index in [1.54, 1.807) is 0 Å². The van der Waals surface area contributed by atoms with E-state index >= 15 is 0 Å². The quantitative estimate of drug-likeness (QED) is 0.513. The van der Waals surface area contributed by atoms with Gasteiger partial charge in [-0.1, -0.05) is 26.2 Å². The second-order valence-electron chi connectivity index (χ2n) is 8.34. The summed E-state index contributed by atoms with van der Waals surface area (Å²) >= 11 is 0. The van der Waals surface area contributed by atoms with Gasteiger partial charge in [0.1, 0.15) is 11.6 Å². The van der Waals surface area contributed by atoms with E-state index in [9.17, 15) is 22.0 Å². The summed E-state index contributed by atoms with van der Waals surface area (Å²) in [4.78, 5) is 15.3. The molecule has 0 bridgehead atoms. The van der Waals surface area contributed by atoms with Gasteiger partial charge in [-0.15, -0.1) is 0 Å². The Bertz CT molecular complexity index is 1110. The molecule has 1 aromatic heterocycles. The molecule has 0 N–H and O–H groups in total. The average molecular weight is 484 g/mol. The lowest BCUT2D eigenvalue weighted by Gasteiger charge is -2.37. The molecule has 1 aliphatic heterocycles. The number of benzene rings is 1. The molecule has 0 unspecified atom stereocenters. The molecule has 0 saturated carbocycles. The maximum atomic E-state index is 13.7. The van der Waals surface area contributed by atoms with Gasteiger partial charge in [0.05, 0.1) is 17.6 Å². The number of nitrogens with zero attached hydrogens (tertiary/aromatic N) is 5. The minimum Gasteiger partial charge on any atom is -0.367 e. The van der Waals surface area contributed by atoms with Gasteiger partial charge in [-0.05, 0) is 25.0 Å². The highest BCUT2D eigenvalue weighted by molar-refractivity contribution is 7.86. The van der Waals surface area contributed by atoms with Gasteiger partial charge in [-0.3, -0.25) is 4.79 Å². The molecule has 0 radical (unpaired) electrons. The summed E-state index contributed by atoms with van der Waals surface area (Å²) in [7, 11) is -0.518. The van der Waals surface area contributed by atoms with E-state index in [0.717, 1.165) is 48.6 Å². The molecule has 3 rings (SSSR count). The van der Waals surface area contributed by atoms with Crippen LogP contribution >= 0.6 is 0 Å². The monoisotopic (exact) mass is 483 g/mol. The summed E-state index contributed by atoms with van der Waals surface area (Å²) in [5.41, 5.74) is 0.777. The third-order valence-electron chi connectivity index (χ3n) is 5.79. The Morgan fingerprint density at radius 1 is 1.00 bits per heavy atom. The Labute approximate surface area is 193 Å². The molecule has 1 fully saturated rings. The first-order chi connectivity index (χ1) is 15.6. The average Bonchev–Trinajstić information content (AvgIpc) is 2.76. The molecule has 2 aromatic rings. The highest BCUT2D eigenvalue weighted by atomic mass is 32.2. The van der Waals surface area contributed by atoms with Crippen LogP contribution in [-0.2, 0) is 16.6 Å². The molecule has 0 spiro atoms. The molecule has 1 saturated heterocycles. The topological polar surface area (TPSA) is 78.8 Å². The number of piperazine rings is 1. The highest BCUT2D eigenvalue weighted by Gasteiger charge is 2.30. The third kappa shape index (κ3) is 5.77. The standard InChI is InChI=1S/C22H31F2N5O3S/c1-4-5-6-7-8-20-21(27-9-11-28(12-10-27)33(31,32)26(2)3)16-25-29(22(20)30)19-14-17(23)13-18(24)15-19/h13-16H,4-12H2,1-3H3. The van der Waals surface area contributed by atoms with Crippen molar-refractivity contribution in [3.8, 4) is 5.69 Å². The van der Waals surface area contributed by atoms with Crippen molar-refractivity contribution in [3.63, 3.8) is 0 Å². The molecule has 0 atom stereocenters. The van der Waals surface area contributed by atoms with Crippen LogP contribution in [0.4, 0.5) is 14.5 Å². The fourth-order valence-corrected chi connectivity index (χ4v) is 5.04. The molecule has 0 amide bonds. The van der Waals surface area contributed by atoms with E-state index in [4.69, 9.17) is 0 Å². The van der Waals surface area contributed by atoms with Crippen LogP contribution in [0, 0.1) is 11.6 Å². The molecule has 33 heavy (non-hydrogen) atoms. The summed E-state index contributed by atoms with van der Waals surface area (Å²) in [6.07, 6.45) is 5.90. The van der Waals surface area contributed by atoms with Crippen molar-refractivity contribution in [2.45, 2.75) is 39.0 Å². The molecule has 1 aliphatic rings. The lowest BCUT2D eigenvalue weighted by Crippen LogP contribution is -2.52. The van der Waals surface area contributed by atoms with Crippen molar-refractivity contribution in [1.29, 1.82) is 0 Å². The van der Waals surface area contributed by atoms with Crippen LogP contribution in [0.25, 0.3) is 5.69 Å². The summed E-state index contributed by atoms with van der Waals surface area (Å²) in [5, 5.41) is 4.20. The maximum absolute atomic E-state index is 13.7. The van der Waals surface area contributed by atoms with Crippen LogP contribution in [0.5, 0.6) is 0 Å². The number of rotatable bonds is 9. The van der Waals surface area contributed by atoms with Crippen molar-refractivity contribution in [2.75, 3.05) is 45.2 Å². The van der Waals surface area contributed by atoms with Crippen molar-refractivity contribution < 1.29 is 17.2 Å². The zero-order chi connectivity index (χ0) is 24.2. The van der Waals surface area contributed by atoms with E-state index in [1.165, 1.54) is 28.9 Å². The largest absolute Gasteiger partial charge is 0.367 e. The molecular weight excluding hydrogens is 452 g/mol. The lowest BCUT2D eigenvalue weighted by molar-refractivity contribution is 0.355. The molecular formula is C22H31F2N5O3S. The van der Waals surface area contributed by atoms with Crippen LogP contribution in [0.15, 0.2) is 29.2 Å². The van der Waals surface area contributed by atoms with Gasteiger partial charge in [0, 0.05) is 51.9 Å². The summed E-state index contributed by atoms with van der Waals surface area (Å²) in [6, 6.07) is 2.89. The Balaban J connectivity index is 1.92. The smallest absolute Gasteiger partial charge is 0.281 e. The van der Waals surface area contributed by atoms with Gasteiger partial charge in [-0.25, -0.2) is 8.78 Å². The fraction of sp³-hybridized carbons (Fsp3) is 0.545. The van der Waals surface area contributed by atoms with Crippen molar-refractivity contribution in [3.05, 3.63) is 51.9 Å². The first kappa shape index (κ1) is 25.3. The van der Waals surface area contributed by atoms with E-state index in [-0.39, 0.29) is 18.8 Å². The van der Waals surface area contributed by atoms with Crippen LogP contribution in [0.3, 0.4) is 0 Å². The van der Waals surface area contributed by atoms with E-state index in [2.05, 4.69) is 12.0 Å². The molecule has 0 aliphatic carbocycles. The summed E-state index contributed by atoms with van der Waals surface area (Å²) in [5.74, 6) is -1.57. The predicted octanol–water partition coefficient (Wildman–Crippen LogP) is 2.56. The van der Waals surface area contributed by atoms with Gasteiger partial charge in [-0.2, -0.15) is 26.8 Å². The zero-order valence-corrected chi connectivity index (χ0v) is 20.1. The number of anilines is 1. The Kier molecular flexibility index (Phi) is 8.19. The number of halogens is 2. The molecule has 1 aromatic carbocycles. The first-order valence-electron chi connectivity index (χ1n) is 11.2. The number of aromatic nitrogens is 2. The van der Waals surface area contributed by atoms with E-state index < -0.39 is 27.4 Å². The highest BCUT2D eigenvalue weighted by Crippen LogP contribution is 2.23. The van der Waals surface area contributed by atoms with Crippen molar-refractivity contribution in [2.24, 2.45) is 0 Å². The Hall–Kier alpha value is -2.37. The summed E-state index contributed by atoms with van der Waals surface area (Å²) in [6.45, 7) is 3.50. The molecule has 182 valence electrons. The van der Waals surface area contributed by atoms with Crippen molar-refractivity contribution >= 4 is 15.9 Å². The lowest BCUT2D eigenvalue weighted by atomic mass is 10.1. The molecule has 11 heteroatoms. The minimum atomic E-state index is -3.51. The predicted molar refractivity (Wildman–Crippen MR) is 124 cm³/mol. The fourth-order valence-electron chi connectivity index (χ4n) is 3.95. The third-order valence-corrected chi connectivity index (χ3v) is 7.74. The molecule has 8 nitrogen and oxygen atoms in total.